The SMILES string of the molecule is CO/N=C(\c1nsc(N)n1)C(N)C1C(=O)N2C(C(=O)O)=C(CCl)CSC12. The van der Waals surface area contributed by atoms with Crippen LogP contribution in [0.3, 0.4) is 0 Å². The van der Waals surface area contributed by atoms with Crippen LogP contribution in [0.2, 0.25) is 0 Å². The van der Waals surface area contributed by atoms with E-state index in [4.69, 9.17) is 27.9 Å². The van der Waals surface area contributed by atoms with Crippen molar-refractivity contribution in [2.75, 3.05) is 24.5 Å². The molecule has 0 spiro atoms. The van der Waals surface area contributed by atoms with Gasteiger partial charge in [0.2, 0.25) is 5.91 Å². The summed E-state index contributed by atoms with van der Waals surface area (Å²) in [5.74, 6) is -1.66. The number of rotatable bonds is 6. The average molecular weight is 419 g/mol. The summed E-state index contributed by atoms with van der Waals surface area (Å²) < 4.78 is 4.06. The number of oxime groups is 1. The number of alkyl halides is 1. The van der Waals surface area contributed by atoms with Gasteiger partial charge in [-0.2, -0.15) is 9.36 Å². The number of β-lactam (4-membered cyclic amide) rings is 1. The summed E-state index contributed by atoms with van der Waals surface area (Å²) in [6, 6.07) is -0.877. The number of halogens is 1. The molecule has 0 aromatic carbocycles. The monoisotopic (exact) mass is 418 g/mol. The van der Waals surface area contributed by atoms with Crippen LogP contribution in [0.15, 0.2) is 16.4 Å². The summed E-state index contributed by atoms with van der Waals surface area (Å²) in [4.78, 5) is 34.3. The van der Waals surface area contributed by atoms with Crippen LogP contribution in [-0.4, -0.2) is 67.1 Å². The van der Waals surface area contributed by atoms with Crippen molar-refractivity contribution in [2.45, 2.75) is 11.4 Å². The number of hydrogen-bond acceptors (Lipinski definition) is 10. The number of aliphatic carboxylic acids is 1. The number of nitrogen functional groups attached to an aromatic ring is 1. The molecule has 3 atom stereocenters. The van der Waals surface area contributed by atoms with Gasteiger partial charge in [-0.05, 0) is 5.57 Å². The lowest BCUT2D eigenvalue weighted by atomic mass is 9.86. The number of carboxylic acids is 1. The molecule has 140 valence electrons. The van der Waals surface area contributed by atoms with Crippen molar-refractivity contribution in [1.82, 2.24) is 14.3 Å². The lowest BCUT2D eigenvalue weighted by molar-refractivity contribution is -0.152. The first-order valence-corrected chi connectivity index (χ1v) is 9.68. The van der Waals surface area contributed by atoms with E-state index in [1.165, 1.54) is 23.8 Å². The van der Waals surface area contributed by atoms with Crippen LogP contribution in [0.25, 0.3) is 0 Å². The molecule has 13 heteroatoms. The molecule has 1 amide bonds. The second kappa shape index (κ2) is 7.39. The molecule has 3 heterocycles. The van der Waals surface area contributed by atoms with Crippen molar-refractivity contribution in [1.29, 1.82) is 0 Å². The maximum atomic E-state index is 12.7. The van der Waals surface area contributed by atoms with E-state index in [2.05, 4.69) is 14.5 Å². The number of fused-ring (bicyclic) bond motifs is 1. The molecule has 2 aliphatic rings. The normalized spacial score (nSPS) is 24.2. The molecular weight excluding hydrogens is 404 g/mol. The maximum Gasteiger partial charge on any atom is 0.352 e. The van der Waals surface area contributed by atoms with Gasteiger partial charge in [-0.15, -0.1) is 23.4 Å². The van der Waals surface area contributed by atoms with E-state index in [0.29, 0.717) is 11.3 Å². The molecule has 0 aliphatic carbocycles. The Hall–Kier alpha value is -1.89. The van der Waals surface area contributed by atoms with Crippen molar-refractivity contribution in [2.24, 2.45) is 16.8 Å². The average Bonchev–Trinajstić information content (AvgIpc) is 3.03. The smallest absolute Gasteiger partial charge is 0.352 e. The molecule has 10 nitrogen and oxygen atoms in total. The number of thioether (sulfide) groups is 1. The Morgan fingerprint density at radius 1 is 1.62 bits per heavy atom. The van der Waals surface area contributed by atoms with Crippen LogP contribution in [-0.2, 0) is 14.4 Å². The first kappa shape index (κ1) is 18.9. The molecule has 1 saturated heterocycles. The van der Waals surface area contributed by atoms with Gasteiger partial charge in [0.15, 0.2) is 11.0 Å². The maximum absolute atomic E-state index is 12.7. The van der Waals surface area contributed by atoms with E-state index < -0.39 is 29.2 Å². The number of carboxylic acid groups (broad SMARTS) is 1. The van der Waals surface area contributed by atoms with Crippen LogP contribution in [0.4, 0.5) is 5.13 Å². The molecule has 26 heavy (non-hydrogen) atoms. The number of aromatic nitrogens is 2. The lowest BCUT2D eigenvalue weighted by Gasteiger charge is -2.51. The molecule has 2 aliphatic heterocycles. The fourth-order valence-electron chi connectivity index (χ4n) is 2.87. The number of hydrogen-bond donors (Lipinski definition) is 3. The Labute approximate surface area is 161 Å². The zero-order valence-electron chi connectivity index (χ0n) is 13.5. The van der Waals surface area contributed by atoms with Crippen molar-refractivity contribution < 1.29 is 19.5 Å². The van der Waals surface area contributed by atoms with Crippen molar-refractivity contribution in [3.8, 4) is 0 Å². The first-order valence-electron chi connectivity index (χ1n) is 7.32. The fraction of sp³-hybridized carbons (Fsp3) is 0.462. The Bertz CT molecular complexity index is 812. The zero-order valence-corrected chi connectivity index (χ0v) is 15.8. The van der Waals surface area contributed by atoms with Gasteiger partial charge in [0.1, 0.15) is 18.5 Å². The minimum atomic E-state index is -1.19. The summed E-state index contributed by atoms with van der Waals surface area (Å²) in [6.07, 6.45) is 0. The van der Waals surface area contributed by atoms with E-state index in [-0.39, 0.29) is 28.2 Å². The number of anilines is 1. The number of nitrogens with two attached hydrogens (primary N) is 2. The van der Waals surface area contributed by atoms with E-state index >= 15 is 0 Å². The molecule has 1 aromatic rings. The fourth-order valence-corrected chi connectivity index (χ4v) is 5.11. The third-order valence-electron chi connectivity index (χ3n) is 4.02. The highest BCUT2D eigenvalue weighted by Crippen LogP contribution is 2.45. The van der Waals surface area contributed by atoms with Gasteiger partial charge in [-0.25, -0.2) is 4.79 Å². The second-order valence-corrected chi connectivity index (χ2v) is 7.62. The predicted octanol–water partition coefficient (Wildman–Crippen LogP) is -0.0931. The summed E-state index contributed by atoms with van der Waals surface area (Å²) in [5, 5.41) is 13.1. The van der Waals surface area contributed by atoms with Gasteiger partial charge in [-0.3, -0.25) is 9.69 Å². The molecule has 0 bridgehead atoms. The molecule has 3 unspecified atom stereocenters. The van der Waals surface area contributed by atoms with Gasteiger partial charge >= 0.3 is 5.97 Å². The van der Waals surface area contributed by atoms with Gasteiger partial charge < -0.3 is 21.4 Å². The van der Waals surface area contributed by atoms with Crippen LogP contribution in [0, 0.1) is 5.92 Å². The Morgan fingerprint density at radius 3 is 2.88 bits per heavy atom. The Morgan fingerprint density at radius 2 is 2.35 bits per heavy atom. The third-order valence-corrected chi connectivity index (χ3v) is 6.24. The first-order chi connectivity index (χ1) is 12.4. The highest BCUT2D eigenvalue weighted by Gasteiger charge is 2.56. The van der Waals surface area contributed by atoms with Crippen molar-refractivity contribution >= 4 is 57.6 Å². The highest BCUT2D eigenvalue weighted by atomic mass is 35.5. The van der Waals surface area contributed by atoms with Crippen molar-refractivity contribution in [3.05, 3.63) is 17.1 Å². The molecule has 0 saturated carbocycles. The van der Waals surface area contributed by atoms with Crippen LogP contribution in [0.1, 0.15) is 5.82 Å². The quantitative estimate of drug-likeness (QED) is 0.248. The van der Waals surface area contributed by atoms with Gasteiger partial charge in [0.25, 0.3) is 0 Å². The molecular formula is C13H15ClN6O4S2. The molecule has 3 rings (SSSR count). The minimum Gasteiger partial charge on any atom is -0.477 e. The molecule has 0 radical (unpaired) electrons. The van der Waals surface area contributed by atoms with E-state index in [1.54, 1.807) is 0 Å². The zero-order chi connectivity index (χ0) is 19.0. The third kappa shape index (κ3) is 3.02. The van der Waals surface area contributed by atoms with Crippen LogP contribution in [0.5, 0.6) is 0 Å². The lowest BCUT2D eigenvalue weighted by Crippen LogP contribution is -2.67. The van der Waals surface area contributed by atoms with Crippen molar-refractivity contribution in [3.63, 3.8) is 0 Å². The van der Waals surface area contributed by atoms with Crippen LogP contribution >= 0.6 is 34.9 Å². The number of carbonyl (C=O) groups is 2. The summed E-state index contributed by atoms with van der Waals surface area (Å²) in [7, 11) is 1.34. The van der Waals surface area contributed by atoms with Gasteiger partial charge in [0.05, 0.1) is 17.3 Å². The molecule has 5 N–H and O–H groups in total. The standard InChI is InChI=1S/C13H15ClN6O4S2/c1-24-18-7(9-17-13(16)26-19-9)6(15)5-10(21)20-8(12(22)23)4(2-14)3-25-11(5)20/h5-6,11H,2-3,15H2,1H3,(H,22,23)(H2,16,17,19)/b18-7-. The number of amides is 1. The molecule has 1 aromatic heterocycles. The number of nitrogens with zero attached hydrogens (tertiary/aromatic N) is 4. The predicted molar refractivity (Wildman–Crippen MR) is 97.8 cm³/mol. The van der Waals surface area contributed by atoms with Gasteiger partial charge in [0, 0.05) is 23.2 Å². The Kier molecular flexibility index (Phi) is 5.37. The summed E-state index contributed by atoms with van der Waals surface area (Å²) in [6.45, 7) is 0. The minimum absolute atomic E-state index is 0.0419. The molecule has 1 fully saturated rings. The van der Waals surface area contributed by atoms with E-state index in [0.717, 1.165) is 11.5 Å². The number of carbonyl (C=O) groups excluding carboxylic acids is 1. The van der Waals surface area contributed by atoms with E-state index in [1.807, 2.05) is 0 Å². The largest absolute Gasteiger partial charge is 0.477 e. The second-order valence-electron chi connectivity index (χ2n) is 5.47. The summed E-state index contributed by atoms with van der Waals surface area (Å²) in [5.41, 5.74) is 12.5. The highest BCUT2D eigenvalue weighted by molar-refractivity contribution is 8.00. The van der Waals surface area contributed by atoms with Gasteiger partial charge in [-0.1, -0.05) is 5.16 Å². The van der Waals surface area contributed by atoms with Crippen LogP contribution < -0.4 is 11.5 Å². The topological polar surface area (TPSA) is 157 Å². The van der Waals surface area contributed by atoms with E-state index in [9.17, 15) is 14.7 Å². The summed E-state index contributed by atoms with van der Waals surface area (Å²) >= 11 is 8.19. The Balaban J connectivity index is 1.90.